The number of rotatable bonds is 6. The summed E-state index contributed by atoms with van der Waals surface area (Å²) in [6.07, 6.45) is 7.98. The van der Waals surface area contributed by atoms with E-state index in [-0.39, 0.29) is 17.7 Å². The summed E-state index contributed by atoms with van der Waals surface area (Å²) in [6, 6.07) is 0. The maximum absolute atomic E-state index is 5.00. The second kappa shape index (κ2) is 13.4. The predicted molar refractivity (Wildman–Crippen MR) is 99.9 cm³/mol. The standard InChI is InChI=1S/2C8H18.2CH4.4H2/c2*1-5-7-8(3,4)6-2;;;;;;/h2*5-7H2,1-4H3;2*1H4;4*1H/i;;;;2*1+1D;2*1+1. The minimum absolute atomic E-state index is 0. The second-order valence-corrected chi connectivity index (χ2v) is 6.54. The summed E-state index contributed by atoms with van der Waals surface area (Å²) in [5.41, 5.74) is 1.18. The summed E-state index contributed by atoms with van der Waals surface area (Å²) in [4.78, 5) is 0. The molecule has 0 aliphatic rings. The Kier molecular flexibility index (Phi) is 15.2. The van der Waals surface area contributed by atoms with Crippen LogP contribution in [0.15, 0.2) is 0 Å². The highest BCUT2D eigenvalue weighted by Gasteiger charge is 2.12. The van der Waals surface area contributed by atoms with Crippen LogP contribution in [-0.4, -0.2) is 0 Å². The molecule has 0 heteroatoms. The second-order valence-electron chi connectivity index (χ2n) is 6.54. The average Bonchev–Trinajstić information content (AvgIpc) is 2.44. The zero-order chi connectivity index (χ0) is 17.2. The van der Waals surface area contributed by atoms with E-state index in [1.54, 1.807) is 0 Å². The Balaban J connectivity index is -0.0000000258. The Morgan fingerprint density at radius 2 is 0.889 bits per heavy atom. The predicted octanol–water partition coefficient (Wildman–Crippen LogP) is 8.70. The Morgan fingerprint density at radius 3 is 0.944 bits per heavy atom. The van der Waals surface area contributed by atoms with Crippen molar-refractivity contribution in [3.63, 3.8) is 0 Å². The Hall–Kier alpha value is 0. The molecule has 0 aliphatic carbocycles. The molecule has 0 saturated carbocycles. The van der Waals surface area contributed by atoms with E-state index in [4.69, 9.17) is 5.94 Å². The first-order valence-corrected chi connectivity index (χ1v) is 7.24. The van der Waals surface area contributed by atoms with Crippen molar-refractivity contribution in [1.29, 1.82) is 0 Å². The van der Waals surface area contributed by atoms with Crippen molar-refractivity contribution >= 4 is 0 Å². The molecular formula is C18H52. The van der Waals surface area contributed by atoms with Gasteiger partial charge in [-0.05, 0) is 23.7 Å². The topological polar surface area (TPSA) is 0 Å². The molecule has 18 heavy (non-hydrogen) atoms. The SMILES string of the molecule is C.C.CCCC(C)(C)CC.CCCC(C)(C)CC.[2HH].[2HH].[2H][2H].[2H][2H]. The van der Waals surface area contributed by atoms with Gasteiger partial charge in [0.25, 0.3) is 0 Å². The summed E-state index contributed by atoms with van der Waals surface area (Å²) in [6.45, 7) is 18.3. The third-order valence-electron chi connectivity index (χ3n) is 3.77. The van der Waals surface area contributed by atoms with Gasteiger partial charge in [0.15, 0.2) is 0 Å². The smallest absolute Gasteiger partial charge is 0 e. The monoisotopic (exact) mass is 274 g/mol. The molecule has 0 spiro atoms. The van der Waals surface area contributed by atoms with Crippen molar-refractivity contribution in [2.45, 2.75) is 109 Å². The van der Waals surface area contributed by atoms with Crippen LogP contribution in [0, 0.1) is 10.8 Å². The van der Waals surface area contributed by atoms with Gasteiger partial charge in [0.05, 0.1) is 0 Å². The van der Waals surface area contributed by atoms with E-state index < -0.39 is 0 Å². The van der Waals surface area contributed by atoms with E-state index in [0.717, 1.165) is 0 Å². The van der Waals surface area contributed by atoms with Gasteiger partial charge in [0.2, 0.25) is 0 Å². The van der Waals surface area contributed by atoms with Crippen molar-refractivity contribution in [3.05, 3.63) is 0 Å². The molecule has 0 aromatic heterocycles. The highest BCUT2D eigenvalue weighted by molar-refractivity contribution is 4.64. The molecule has 0 amide bonds. The molecule has 0 atom stereocenters. The van der Waals surface area contributed by atoms with Crippen LogP contribution in [0.3, 0.4) is 0 Å². The third-order valence-corrected chi connectivity index (χ3v) is 3.77. The van der Waals surface area contributed by atoms with Crippen molar-refractivity contribution in [2.75, 3.05) is 0 Å². The lowest BCUT2D eigenvalue weighted by Gasteiger charge is -2.20. The fourth-order valence-electron chi connectivity index (χ4n) is 1.71. The van der Waals surface area contributed by atoms with E-state index >= 15 is 0 Å². The lowest BCUT2D eigenvalue weighted by molar-refractivity contribution is 0.318. The van der Waals surface area contributed by atoms with E-state index in [9.17, 15) is 0 Å². The van der Waals surface area contributed by atoms with E-state index in [1.807, 2.05) is 0 Å². The molecule has 0 fully saturated rings. The van der Waals surface area contributed by atoms with E-state index in [0.29, 0.717) is 10.8 Å². The molecule has 0 aromatic rings. The first-order valence-electron chi connectivity index (χ1n) is 9.24. The van der Waals surface area contributed by atoms with Crippen LogP contribution in [0.1, 0.15) is 118 Å². The molecule has 0 aliphatic heterocycles. The minimum atomic E-state index is 0. The molecule has 0 rings (SSSR count). The lowest BCUT2D eigenvalue weighted by Crippen LogP contribution is -2.07. The fraction of sp³-hybridized carbons (Fsp3) is 1.00. The summed E-state index contributed by atoms with van der Waals surface area (Å²) < 4.78 is 20.0. The molecule has 0 N–H and O–H groups in total. The fourth-order valence-corrected chi connectivity index (χ4v) is 1.71. The number of hydrogen-bond donors (Lipinski definition) is 0. The van der Waals surface area contributed by atoms with Gasteiger partial charge in [-0.2, -0.15) is 0 Å². The largest absolute Gasteiger partial charge is 0.0776 e. The third kappa shape index (κ3) is 18.4. The Morgan fingerprint density at radius 1 is 0.667 bits per heavy atom. The molecule has 124 valence electrons. The molecular weight excluding hydrogens is 216 g/mol. The molecule has 0 unspecified atom stereocenters. The van der Waals surface area contributed by atoms with Crippen LogP contribution in [0.2, 0.25) is 0 Å². The van der Waals surface area contributed by atoms with Gasteiger partial charge < -0.3 is 0 Å². The minimum Gasteiger partial charge on any atom is -0.0776 e. The highest BCUT2D eigenvalue weighted by Crippen LogP contribution is 2.25. The van der Waals surface area contributed by atoms with Crippen LogP contribution < -0.4 is 0 Å². The van der Waals surface area contributed by atoms with Crippen LogP contribution in [0.5, 0.6) is 0 Å². The van der Waals surface area contributed by atoms with E-state index in [2.05, 4.69) is 55.4 Å². The van der Waals surface area contributed by atoms with Gasteiger partial charge in [-0.15, -0.1) is 0 Å². The molecule has 0 radical (unpaired) electrons. The van der Waals surface area contributed by atoms with Gasteiger partial charge in [-0.3, -0.25) is 0 Å². The van der Waals surface area contributed by atoms with Gasteiger partial charge in [0.1, 0.15) is 0 Å². The normalized spacial score (nSPS) is 11.6. The summed E-state index contributed by atoms with van der Waals surface area (Å²) in [7, 11) is 0. The van der Waals surface area contributed by atoms with Crippen molar-refractivity contribution in [2.24, 2.45) is 10.8 Å². The van der Waals surface area contributed by atoms with Crippen molar-refractivity contribution in [1.82, 2.24) is 0 Å². The lowest BCUT2D eigenvalue weighted by atomic mass is 9.86. The first kappa shape index (κ1) is 20.3. The summed E-state index contributed by atoms with van der Waals surface area (Å²) in [5, 5.41) is 0. The van der Waals surface area contributed by atoms with Gasteiger partial charge in [-0.1, -0.05) is 95.9 Å². The first-order chi connectivity index (χ1) is 9.24. The quantitative estimate of drug-likeness (QED) is 0.454. The molecule has 0 bridgehead atoms. The van der Waals surface area contributed by atoms with Gasteiger partial charge in [-0.25, -0.2) is 0 Å². The maximum Gasteiger partial charge on any atom is 0 e. The van der Waals surface area contributed by atoms with Crippen LogP contribution >= 0.6 is 0 Å². The molecule has 0 aromatic carbocycles. The maximum atomic E-state index is 5.00. The van der Waals surface area contributed by atoms with Crippen LogP contribution in [0.4, 0.5) is 0 Å². The van der Waals surface area contributed by atoms with Gasteiger partial charge >= 0.3 is 0 Å². The average molecular weight is 275 g/mol. The summed E-state index contributed by atoms with van der Waals surface area (Å²) in [5.74, 6) is 0. The summed E-state index contributed by atoms with van der Waals surface area (Å²) >= 11 is 0. The number of hydrogen-bond acceptors (Lipinski definition) is 0. The van der Waals surface area contributed by atoms with Crippen molar-refractivity contribution in [3.8, 4) is 0 Å². The highest BCUT2D eigenvalue weighted by atomic mass is 14.2. The van der Waals surface area contributed by atoms with Gasteiger partial charge in [0, 0.05) is 8.79 Å². The van der Waals surface area contributed by atoms with E-state index in [1.165, 1.54) is 38.5 Å². The Labute approximate surface area is 129 Å². The Bertz CT molecular complexity index is 144. The van der Waals surface area contributed by atoms with Crippen molar-refractivity contribution < 1.29 is 8.79 Å². The zero-order valence-electron chi connectivity index (χ0n) is 17.2. The molecule has 0 saturated heterocycles. The van der Waals surface area contributed by atoms with Crippen LogP contribution in [0.25, 0.3) is 0 Å². The van der Waals surface area contributed by atoms with Crippen LogP contribution in [-0.2, 0) is 0 Å². The molecule has 0 heterocycles. The zero-order valence-corrected chi connectivity index (χ0v) is 13.2. The molecule has 0 nitrogen and oxygen atoms in total.